The minimum absolute atomic E-state index is 0.157. The third-order valence-electron chi connectivity index (χ3n) is 7.75. The molecule has 1 N–H and O–H groups in total. The third kappa shape index (κ3) is 9.88. The summed E-state index contributed by atoms with van der Waals surface area (Å²) >= 11 is 5.04. The lowest BCUT2D eigenvalue weighted by atomic mass is 9.99. The van der Waals surface area contributed by atoms with Crippen molar-refractivity contribution in [2.75, 3.05) is 63.7 Å². The molecule has 2 saturated heterocycles. The Kier molecular flexibility index (Phi) is 11.7. The van der Waals surface area contributed by atoms with Gasteiger partial charge in [0.25, 0.3) is 0 Å². The summed E-state index contributed by atoms with van der Waals surface area (Å²) < 4.78 is 9.33. The van der Waals surface area contributed by atoms with Crippen LogP contribution in [0.2, 0.25) is 0 Å². The number of ether oxygens (including phenoxy) is 2. The zero-order chi connectivity index (χ0) is 30.8. The Labute approximate surface area is 258 Å². The predicted molar refractivity (Wildman–Crippen MR) is 165 cm³/mol. The molecule has 4 fully saturated rings. The van der Waals surface area contributed by atoms with Gasteiger partial charge in [-0.25, -0.2) is 9.59 Å². The summed E-state index contributed by atoms with van der Waals surface area (Å²) in [4.78, 5) is 50.2. The third-order valence-corrected chi connectivity index (χ3v) is 8.06. The van der Waals surface area contributed by atoms with Crippen LogP contribution in [0, 0.1) is 23.7 Å². The fourth-order valence-electron chi connectivity index (χ4n) is 4.81. The van der Waals surface area contributed by atoms with Gasteiger partial charge in [0.05, 0.1) is 14.2 Å². The van der Waals surface area contributed by atoms with Crippen LogP contribution >= 0.6 is 11.6 Å². The van der Waals surface area contributed by atoms with Gasteiger partial charge in [-0.05, 0) is 61.5 Å². The van der Waals surface area contributed by atoms with Crippen LogP contribution in [0.15, 0.2) is 60.7 Å². The minimum atomic E-state index is -0.286. The average Bonchev–Trinajstić information content (AvgIpc) is 3.89. The van der Waals surface area contributed by atoms with Gasteiger partial charge in [-0.1, -0.05) is 36.4 Å². The van der Waals surface area contributed by atoms with E-state index in [-0.39, 0.29) is 35.2 Å². The molecule has 10 nitrogen and oxygen atoms in total. The Hall–Kier alpha value is -3.79. The Morgan fingerprint density at radius 3 is 1.70 bits per heavy atom. The molecule has 2 aliphatic heterocycles. The quantitative estimate of drug-likeness (QED) is 0.414. The van der Waals surface area contributed by atoms with E-state index in [1.165, 1.54) is 14.2 Å². The molecule has 2 aromatic carbocycles. The van der Waals surface area contributed by atoms with Gasteiger partial charge in [0, 0.05) is 74.3 Å². The van der Waals surface area contributed by atoms with Gasteiger partial charge in [-0.15, -0.1) is 0 Å². The molecule has 2 aliphatic carbocycles. The highest BCUT2D eigenvalue weighted by Crippen LogP contribution is 2.34. The van der Waals surface area contributed by atoms with Crippen molar-refractivity contribution >= 4 is 46.3 Å². The van der Waals surface area contributed by atoms with Crippen molar-refractivity contribution in [1.82, 2.24) is 9.80 Å². The lowest BCUT2D eigenvalue weighted by molar-refractivity contribution is -0.120. The number of para-hydroxylation sites is 2. The van der Waals surface area contributed by atoms with Crippen LogP contribution in [0.25, 0.3) is 0 Å². The van der Waals surface area contributed by atoms with Gasteiger partial charge in [-0.2, -0.15) is 0 Å². The summed E-state index contributed by atoms with van der Waals surface area (Å²) in [5.74, 6) is 1.50. The number of carbonyl (C=O) groups excluding carboxylic acids is 4. The molecule has 0 atom stereocenters. The number of hydrogen-bond donors (Lipinski definition) is 1. The molecule has 232 valence electrons. The van der Waals surface area contributed by atoms with E-state index in [0.29, 0.717) is 31.5 Å². The standard InChI is InChI=1S/C16H20N2O3.C12H16N2O2.C4H5ClO/c1-21-16(20)17-9-12(10-17)11-18(15(19)13-7-8-13)14-5-3-2-4-6-14;1-16-12(15)14-8-10(9-14)7-13-11-5-3-2-4-6-11;5-4(6)3-1-2-3/h2-6,12-13H,7-11H2,1H3;2-6,10,13H,7-9H2,1H3;3H,1-2H2. The first-order valence-corrected chi connectivity index (χ1v) is 15.2. The first-order chi connectivity index (χ1) is 20.8. The van der Waals surface area contributed by atoms with Gasteiger partial charge in [-0.3, -0.25) is 9.59 Å². The van der Waals surface area contributed by atoms with Gasteiger partial charge in [0.1, 0.15) is 0 Å². The molecule has 2 aromatic rings. The Morgan fingerprint density at radius 1 is 0.767 bits per heavy atom. The van der Waals surface area contributed by atoms with Gasteiger partial charge >= 0.3 is 12.2 Å². The maximum absolute atomic E-state index is 12.5. The fourth-order valence-corrected chi connectivity index (χ4v) is 5.03. The van der Waals surface area contributed by atoms with Crippen LogP contribution in [0.3, 0.4) is 0 Å². The van der Waals surface area contributed by atoms with Gasteiger partial charge in [0.2, 0.25) is 11.1 Å². The van der Waals surface area contributed by atoms with E-state index >= 15 is 0 Å². The molecule has 43 heavy (non-hydrogen) atoms. The average molecular weight is 613 g/mol. The summed E-state index contributed by atoms with van der Waals surface area (Å²) in [6, 6.07) is 19.9. The van der Waals surface area contributed by atoms with Crippen molar-refractivity contribution in [1.29, 1.82) is 0 Å². The maximum atomic E-state index is 12.5. The van der Waals surface area contributed by atoms with Gasteiger partial charge < -0.3 is 29.5 Å². The van der Waals surface area contributed by atoms with Crippen LogP contribution in [-0.2, 0) is 19.1 Å². The van der Waals surface area contributed by atoms with Crippen molar-refractivity contribution in [3.05, 3.63) is 60.7 Å². The second kappa shape index (κ2) is 15.6. The molecule has 0 aromatic heterocycles. The Morgan fingerprint density at radius 2 is 1.26 bits per heavy atom. The first-order valence-electron chi connectivity index (χ1n) is 14.8. The molecule has 0 radical (unpaired) electrons. The number of hydrogen-bond acceptors (Lipinski definition) is 7. The van der Waals surface area contributed by atoms with Crippen molar-refractivity contribution in [3.63, 3.8) is 0 Å². The van der Waals surface area contributed by atoms with Crippen molar-refractivity contribution in [3.8, 4) is 0 Å². The molecule has 4 aliphatic rings. The van der Waals surface area contributed by atoms with E-state index in [0.717, 1.165) is 56.7 Å². The number of carbonyl (C=O) groups is 4. The minimum Gasteiger partial charge on any atom is -0.453 e. The zero-order valence-electron chi connectivity index (χ0n) is 24.8. The Balaban J connectivity index is 0.000000169. The van der Waals surface area contributed by atoms with E-state index in [1.54, 1.807) is 9.80 Å². The van der Waals surface area contributed by atoms with Crippen LogP contribution in [0.1, 0.15) is 25.7 Å². The van der Waals surface area contributed by atoms with Crippen molar-refractivity contribution < 1.29 is 28.7 Å². The summed E-state index contributed by atoms with van der Waals surface area (Å²) in [7, 11) is 2.81. The number of nitrogens with zero attached hydrogens (tertiary/aromatic N) is 3. The molecule has 2 saturated carbocycles. The molecule has 0 unspecified atom stereocenters. The lowest BCUT2D eigenvalue weighted by Gasteiger charge is -2.40. The van der Waals surface area contributed by atoms with E-state index in [2.05, 4.69) is 10.1 Å². The van der Waals surface area contributed by atoms with E-state index < -0.39 is 0 Å². The number of rotatable bonds is 8. The highest BCUT2D eigenvalue weighted by molar-refractivity contribution is 6.64. The number of benzene rings is 2. The topological polar surface area (TPSA) is 108 Å². The molecular weight excluding hydrogens is 572 g/mol. The molecule has 0 spiro atoms. The van der Waals surface area contributed by atoms with Crippen LogP contribution < -0.4 is 10.2 Å². The molecule has 6 rings (SSSR count). The SMILES string of the molecule is COC(=O)N1CC(CN(C(=O)C2CC2)c2ccccc2)C1.COC(=O)N1CC(CNc2ccccc2)C1.O=C(Cl)C1CC1. The summed E-state index contributed by atoms with van der Waals surface area (Å²) in [6.07, 6.45) is 3.52. The number of anilines is 2. The van der Waals surface area contributed by atoms with Gasteiger partial charge in [0.15, 0.2) is 0 Å². The van der Waals surface area contributed by atoms with E-state index in [4.69, 9.17) is 16.3 Å². The zero-order valence-corrected chi connectivity index (χ0v) is 25.6. The molecule has 3 amide bonds. The lowest BCUT2D eigenvalue weighted by Crippen LogP contribution is -2.54. The normalized spacial score (nSPS) is 17.5. The maximum Gasteiger partial charge on any atom is 0.409 e. The highest BCUT2D eigenvalue weighted by Gasteiger charge is 2.38. The summed E-state index contributed by atoms with van der Waals surface area (Å²) in [6.45, 7) is 4.46. The number of halogens is 1. The summed E-state index contributed by atoms with van der Waals surface area (Å²) in [5.41, 5.74) is 2.07. The molecule has 0 bridgehead atoms. The van der Waals surface area contributed by atoms with Crippen molar-refractivity contribution in [2.24, 2.45) is 23.7 Å². The second-order valence-electron chi connectivity index (χ2n) is 11.4. The van der Waals surface area contributed by atoms with Crippen LogP contribution in [-0.4, -0.2) is 86.6 Å². The summed E-state index contributed by atoms with van der Waals surface area (Å²) in [5, 5.41) is 3.19. The predicted octanol–water partition coefficient (Wildman–Crippen LogP) is 5.09. The molecule has 2 heterocycles. The molecular formula is C32H41ClN4O6. The molecule has 11 heteroatoms. The number of likely N-dealkylation sites (tertiary alicyclic amines) is 2. The van der Waals surface area contributed by atoms with Crippen LogP contribution in [0.5, 0.6) is 0 Å². The smallest absolute Gasteiger partial charge is 0.409 e. The Bertz CT molecular complexity index is 1210. The van der Waals surface area contributed by atoms with Crippen molar-refractivity contribution in [2.45, 2.75) is 25.7 Å². The van der Waals surface area contributed by atoms with Crippen LogP contribution in [0.4, 0.5) is 21.0 Å². The number of methoxy groups -OCH3 is 2. The number of amides is 3. The monoisotopic (exact) mass is 612 g/mol. The highest BCUT2D eigenvalue weighted by atomic mass is 35.5. The largest absolute Gasteiger partial charge is 0.453 e. The second-order valence-corrected chi connectivity index (χ2v) is 11.7. The first kappa shape index (κ1) is 32.1. The van der Waals surface area contributed by atoms with E-state index in [9.17, 15) is 19.2 Å². The number of nitrogens with one attached hydrogen (secondary N) is 1. The van der Waals surface area contributed by atoms with E-state index in [1.807, 2.05) is 65.6 Å². The fraction of sp³-hybridized carbons (Fsp3) is 0.500.